The van der Waals surface area contributed by atoms with Crippen molar-refractivity contribution in [2.24, 2.45) is 0 Å². The molecule has 4 saturated heterocycles. The Morgan fingerprint density at radius 2 is 1.29 bits per heavy atom. The molecular formula is C27H37ClN2O11. The van der Waals surface area contributed by atoms with Crippen molar-refractivity contribution in [3.05, 3.63) is 33.7 Å². The van der Waals surface area contributed by atoms with Crippen LogP contribution in [0.4, 0.5) is 0 Å². The van der Waals surface area contributed by atoms with E-state index in [0.29, 0.717) is 16.1 Å². The molecule has 0 bridgehead atoms. The molecule has 5 heterocycles. The molecule has 0 unspecified atom stereocenters. The van der Waals surface area contributed by atoms with Crippen molar-refractivity contribution in [3.8, 4) is 0 Å². The first-order valence-corrected chi connectivity index (χ1v) is 14.0. The molecule has 0 spiro atoms. The summed E-state index contributed by atoms with van der Waals surface area (Å²) >= 11 is 6.30. The third-order valence-corrected chi connectivity index (χ3v) is 8.31. The predicted octanol–water partition coefficient (Wildman–Crippen LogP) is 0.961. The summed E-state index contributed by atoms with van der Waals surface area (Å²) < 4.78 is 49.5. The monoisotopic (exact) mass is 600 g/mol. The predicted molar refractivity (Wildman–Crippen MR) is 142 cm³/mol. The third-order valence-electron chi connectivity index (χ3n) is 8.08. The summed E-state index contributed by atoms with van der Waals surface area (Å²) in [7, 11) is 3.02. The first-order chi connectivity index (χ1) is 19.3. The maximum absolute atomic E-state index is 13.8. The van der Waals surface area contributed by atoms with Crippen LogP contribution in [0.5, 0.6) is 0 Å². The van der Waals surface area contributed by atoms with Crippen LogP contribution in [0, 0.1) is 0 Å². The number of hydrogen-bond donors (Lipinski definition) is 2. The molecule has 2 N–H and O–H groups in total. The minimum absolute atomic E-state index is 0.116. The van der Waals surface area contributed by atoms with Gasteiger partial charge in [0.25, 0.3) is 0 Å². The summed E-state index contributed by atoms with van der Waals surface area (Å²) in [6.07, 6.45) is -7.65. The Balaban J connectivity index is 1.25. The van der Waals surface area contributed by atoms with Crippen molar-refractivity contribution in [2.75, 3.05) is 14.2 Å². The Labute approximate surface area is 241 Å². The Kier molecular flexibility index (Phi) is 7.56. The smallest absolute Gasteiger partial charge is 0.329 e. The van der Waals surface area contributed by atoms with Crippen LogP contribution in [0.3, 0.4) is 0 Å². The summed E-state index contributed by atoms with van der Waals surface area (Å²) in [6, 6.07) is 4.99. The Morgan fingerprint density at radius 3 is 1.76 bits per heavy atom. The number of methoxy groups -OCH3 is 2. The van der Waals surface area contributed by atoms with Gasteiger partial charge in [-0.2, -0.15) is 0 Å². The number of hydrogen-bond acceptors (Lipinski definition) is 11. The fourth-order valence-electron chi connectivity index (χ4n) is 6.39. The van der Waals surface area contributed by atoms with Crippen LogP contribution in [0.2, 0.25) is 5.02 Å². The number of imidazole rings is 1. The van der Waals surface area contributed by atoms with Gasteiger partial charge in [-0.3, -0.25) is 9.13 Å². The number of fused-ring (bicyclic) bond motifs is 3. The number of nitrogens with zero attached hydrogens (tertiary/aromatic N) is 2. The van der Waals surface area contributed by atoms with Gasteiger partial charge in [-0.15, -0.1) is 0 Å². The van der Waals surface area contributed by atoms with Crippen LogP contribution in [0.15, 0.2) is 23.0 Å². The largest absolute Gasteiger partial charge is 0.388 e. The lowest BCUT2D eigenvalue weighted by atomic mass is 10.1. The Morgan fingerprint density at radius 1 is 0.829 bits per heavy atom. The number of aliphatic hydroxyl groups is 2. The van der Waals surface area contributed by atoms with Crippen LogP contribution in [-0.2, 0) is 51.0 Å². The Bertz CT molecular complexity index is 1340. The highest BCUT2D eigenvalue weighted by atomic mass is 35.5. The van der Waals surface area contributed by atoms with E-state index in [1.165, 1.54) is 23.4 Å². The van der Waals surface area contributed by atoms with Crippen LogP contribution in [-0.4, -0.2) is 107 Å². The zero-order valence-corrected chi connectivity index (χ0v) is 24.5. The van der Waals surface area contributed by atoms with E-state index in [1.807, 2.05) is 0 Å². The zero-order chi connectivity index (χ0) is 29.4. The molecule has 0 radical (unpaired) electrons. The molecule has 0 saturated carbocycles. The fourth-order valence-corrected chi connectivity index (χ4v) is 6.56. The van der Waals surface area contributed by atoms with Gasteiger partial charge in [0.1, 0.15) is 48.8 Å². The van der Waals surface area contributed by atoms with Gasteiger partial charge in [0.15, 0.2) is 24.2 Å². The minimum Gasteiger partial charge on any atom is -0.388 e. The second-order valence-corrected chi connectivity index (χ2v) is 12.2. The van der Waals surface area contributed by atoms with Gasteiger partial charge in [-0.25, -0.2) is 4.79 Å². The lowest BCUT2D eigenvalue weighted by molar-refractivity contribution is -0.228. The molecule has 0 aliphatic carbocycles. The summed E-state index contributed by atoms with van der Waals surface area (Å²) in [5, 5.41) is 23.0. The maximum Gasteiger partial charge on any atom is 0.329 e. The number of ether oxygens (including phenoxy) is 8. The highest BCUT2D eigenvalue weighted by Gasteiger charge is 2.58. The average Bonchev–Trinajstić information content (AvgIpc) is 3.63. The molecule has 1 aromatic heterocycles. The van der Waals surface area contributed by atoms with Crippen molar-refractivity contribution in [2.45, 2.75) is 114 Å². The molecule has 13 nitrogen and oxygen atoms in total. The van der Waals surface area contributed by atoms with Gasteiger partial charge in [0, 0.05) is 19.2 Å². The van der Waals surface area contributed by atoms with Crippen LogP contribution < -0.4 is 5.69 Å². The molecule has 4 aliphatic rings. The van der Waals surface area contributed by atoms with Crippen LogP contribution in [0.1, 0.15) is 27.7 Å². The zero-order valence-electron chi connectivity index (χ0n) is 23.8. The fraction of sp³-hybridized carbons (Fsp3) is 0.741. The van der Waals surface area contributed by atoms with E-state index in [0.717, 1.165) is 0 Å². The topological polar surface area (TPSA) is 141 Å². The van der Waals surface area contributed by atoms with Gasteiger partial charge >= 0.3 is 5.69 Å². The Hall–Kier alpha value is -1.62. The number of benzene rings is 1. The first-order valence-electron chi connectivity index (χ1n) is 13.6. The van der Waals surface area contributed by atoms with E-state index in [2.05, 4.69) is 0 Å². The molecule has 2 aromatic rings. The number of halogens is 1. The minimum atomic E-state index is -1.16. The van der Waals surface area contributed by atoms with E-state index in [-0.39, 0.29) is 13.1 Å². The van der Waals surface area contributed by atoms with E-state index in [1.54, 1.807) is 45.9 Å². The van der Waals surface area contributed by atoms with E-state index in [9.17, 15) is 15.0 Å². The lowest BCUT2D eigenvalue weighted by Crippen LogP contribution is -2.46. The maximum atomic E-state index is 13.8. The summed E-state index contributed by atoms with van der Waals surface area (Å²) in [5.74, 6) is -1.69. The van der Waals surface area contributed by atoms with Gasteiger partial charge < -0.3 is 48.1 Å². The lowest BCUT2D eigenvalue weighted by Gasteiger charge is -2.28. The van der Waals surface area contributed by atoms with Crippen LogP contribution in [0.25, 0.3) is 11.0 Å². The van der Waals surface area contributed by atoms with Crippen molar-refractivity contribution in [1.82, 2.24) is 9.13 Å². The van der Waals surface area contributed by atoms with Gasteiger partial charge in [0.2, 0.25) is 0 Å². The SMILES string of the molecule is CO[C@@H]1[C@H]2OC(C)(C)O[C@H]2O[C@@H]1[C@@H](O)Cn1c(=O)n(C[C@H](O)[C@H]2O[C@H]3OC(C)(C)O[C@@H]3[C@H]2OC)c2ccc(Cl)cc21. The van der Waals surface area contributed by atoms with Crippen molar-refractivity contribution < 1.29 is 48.1 Å². The van der Waals surface area contributed by atoms with E-state index in [4.69, 9.17) is 49.5 Å². The summed E-state index contributed by atoms with van der Waals surface area (Å²) in [6.45, 7) is 6.86. The normalized spacial score (nSPS) is 37.0. The van der Waals surface area contributed by atoms with Gasteiger partial charge in [-0.1, -0.05) is 11.6 Å². The molecule has 228 valence electrons. The molecule has 6 rings (SSSR count). The van der Waals surface area contributed by atoms with Crippen LogP contribution >= 0.6 is 11.6 Å². The highest BCUT2D eigenvalue weighted by Crippen LogP contribution is 2.41. The summed E-state index contributed by atoms with van der Waals surface area (Å²) in [4.78, 5) is 13.8. The number of rotatable bonds is 8. The van der Waals surface area contributed by atoms with Gasteiger partial charge in [0.05, 0.1) is 24.1 Å². The second-order valence-electron chi connectivity index (χ2n) is 11.8. The summed E-state index contributed by atoms with van der Waals surface area (Å²) in [5.41, 5.74) is 0.546. The molecule has 4 aliphatic heterocycles. The second kappa shape index (κ2) is 10.5. The molecule has 1 aromatic carbocycles. The first kappa shape index (κ1) is 29.5. The molecule has 14 heteroatoms. The van der Waals surface area contributed by atoms with Gasteiger partial charge in [-0.05, 0) is 45.9 Å². The van der Waals surface area contributed by atoms with E-state index >= 15 is 0 Å². The average molecular weight is 601 g/mol. The van der Waals surface area contributed by atoms with Crippen molar-refractivity contribution >= 4 is 22.6 Å². The standard InChI is InChI=1S/C27H37ClN2O11/c1-26(2)38-21-19(34-5)17(36-23(21)40-26)15(31)10-29-13-8-7-12(28)9-14(13)30(25(29)33)11-16(32)18-20(35-6)22-24(37-18)41-27(3,4)39-22/h7-9,15-24,31-32H,10-11H2,1-6H3/t15-,16-,17+,18+,19-,20-,21+,22+,23-,24+/m0/s1. The quantitative estimate of drug-likeness (QED) is 0.447. The molecule has 10 atom stereocenters. The molecule has 0 amide bonds. The van der Waals surface area contributed by atoms with Crippen molar-refractivity contribution in [3.63, 3.8) is 0 Å². The highest BCUT2D eigenvalue weighted by molar-refractivity contribution is 6.31. The van der Waals surface area contributed by atoms with E-state index < -0.39 is 78.7 Å². The number of aromatic nitrogens is 2. The number of aliphatic hydroxyl groups excluding tert-OH is 2. The molecule has 4 fully saturated rings. The molecule has 41 heavy (non-hydrogen) atoms. The van der Waals surface area contributed by atoms with Crippen molar-refractivity contribution in [1.29, 1.82) is 0 Å². The third kappa shape index (κ3) is 5.14. The molecular weight excluding hydrogens is 564 g/mol.